The minimum absolute atomic E-state index is 0. The molecule has 0 spiro atoms. The number of hydrogen-bond donors (Lipinski definition) is 2. The lowest BCUT2D eigenvalue weighted by Crippen LogP contribution is -2.55. The Morgan fingerprint density at radius 2 is 1.94 bits per heavy atom. The summed E-state index contributed by atoms with van der Waals surface area (Å²) >= 11 is 1.38. The Labute approximate surface area is 111 Å². The van der Waals surface area contributed by atoms with Gasteiger partial charge in [0.1, 0.15) is 0 Å². The minimum atomic E-state index is -1.50. The second kappa shape index (κ2) is 5.12. The third kappa shape index (κ3) is 2.18. The molecule has 3 rings (SSSR count). The highest BCUT2D eigenvalue weighted by Gasteiger charge is 2.45. The monoisotopic (exact) mass is 275 g/mol. The number of hydrogen-bond acceptors (Lipinski definition) is 4. The molecular formula is C11H15ClFN3S. The Kier molecular flexibility index (Phi) is 3.95. The molecule has 1 atom stereocenters. The number of halogens is 2. The van der Waals surface area contributed by atoms with Crippen LogP contribution in [0.2, 0.25) is 0 Å². The second-order valence-electron chi connectivity index (χ2n) is 4.06. The first-order valence-electron chi connectivity index (χ1n) is 5.49. The van der Waals surface area contributed by atoms with E-state index in [0.29, 0.717) is 0 Å². The Morgan fingerprint density at radius 1 is 1.24 bits per heavy atom. The van der Waals surface area contributed by atoms with Crippen molar-refractivity contribution < 1.29 is 4.39 Å². The van der Waals surface area contributed by atoms with Gasteiger partial charge in [-0.3, -0.25) is 4.90 Å². The summed E-state index contributed by atoms with van der Waals surface area (Å²) in [4.78, 5) is 2.85. The van der Waals surface area contributed by atoms with Gasteiger partial charge in [0.25, 0.3) is 5.92 Å². The van der Waals surface area contributed by atoms with Crippen LogP contribution in [0, 0.1) is 0 Å². The molecule has 1 aromatic rings. The summed E-state index contributed by atoms with van der Waals surface area (Å²) < 4.78 is 17.9. The van der Waals surface area contributed by atoms with Crippen molar-refractivity contribution in [3.8, 4) is 0 Å². The van der Waals surface area contributed by atoms with Gasteiger partial charge in [-0.1, -0.05) is 18.2 Å². The van der Waals surface area contributed by atoms with E-state index >= 15 is 0 Å². The van der Waals surface area contributed by atoms with E-state index in [1.54, 1.807) is 0 Å². The number of benzene rings is 1. The van der Waals surface area contributed by atoms with E-state index in [0.717, 1.165) is 36.6 Å². The number of fused-ring (bicyclic) bond motifs is 1. The number of nitrogens with one attached hydrogen (secondary N) is 2. The lowest BCUT2D eigenvalue weighted by molar-refractivity contribution is -0.0538. The Morgan fingerprint density at radius 3 is 2.71 bits per heavy atom. The normalized spacial score (nSPS) is 28.5. The number of nitrogens with zero attached hydrogens (tertiary/aromatic N) is 1. The van der Waals surface area contributed by atoms with E-state index in [1.807, 2.05) is 29.2 Å². The van der Waals surface area contributed by atoms with Gasteiger partial charge in [0.2, 0.25) is 0 Å². The molecule has 94 valence electrons. The van der Waals surface area contributed by atoms with Crippen molar-refractivity contribution in [2.75, 3.05) is 26.2 Å². The Bertz CT molecular complexity index is 400. The van der Waals surface area contributed by atoms with Crippen molar-refractivity contribution in [3.63, 3.8) is 0 Å². The van der Waals surface area contributed by atoms with Gasteiger partial charge in [-0.15, -0.1) is 12.4 Å². The molecule has 1 unspecified atom stereocenters. The van der Waals surface area contributed by atoms with Crippen molar-refractivity contribution in [2.45, 2.75) is 10.8 Å². The lowest BCUT2D eigenvalue weighted by Gasteiger charge is -2.37. The summed E-state index contributed by atoms with van der Waals surface area (Å²) in [5.41, 5.74) is 0.752. The molecular weight excluding hydrogens is 261 g/mol. The van der Waals surface area contributed by atoms with Crippen molar-refractivity contribution in [3.05, 3.63) is 29.8 Å². The van der Waals surface area contributed by atoms with Gasteiger partial charge in [-0.05, 0) is 18.0 Å². The summed E-state index contributed by atoms with van der Waals surface area (Å²) in [6.45, 7) is 3.16. The van der Waals surface area contributed by atoms with Crippen LogP contribution < -0.4 is 10.0 Å². The fourth-order valence-electron chi connectivity index (χ4n) is 2.21. The van der Waals surface area contributed by atoms with E-state index in [4.69, 9.17) is 0 Å². The first-order valence-corrected chi connectivity index (χ1v) is 6.30. The largest absolute Gasteiger partial charge is 0.314 e. The molecule has 0 bridgehead atoms. The van der Waals surface area contributed by atoms with Crippen LogP contribution in [0.3, 0.4) is 0 Å². The number of piperazine rings is 1. The van der Waals surface area contributed by atoms with Crippen molar-refractivity contribution >= 4 is 24.4 Å². The zero-order chi connectivity index (χ0) is 11.0. The summed E-state index contributed by atoms with van der Waals surface area (Å²) in [6.07, 6.45) is 0. The van der Waals surface area contributed by atoms with E-state index in [9.17, 15) is 4.39 Å². The average molecular weight is 276 g/mol. The standard InChI is InChI=1S/C11H14FN3S.ClH/c12-11(15-7-5-13-6-8-15)9-3-1-2-4-10(9)16-14-11;/h1-4,13-14H,5-8H2;1H. The van der Waals surface area contributed by atoms with Crippen LogP contribution in [-0.2, 0) is 5.92 Å². The molecule has 2 heterocycles. The Balaban J connectivity index is 0.00000108. The van der Waals surface area contributed by atoms with E-state index in [1.165, 1.54) is 11.9 Å². The van der Waals surface area contributed by atoms with E-state index in [2.05, 4.69) is 10.0 Å². The van der Waals surface area contributed by atoms with Crippen LogP contribution in [0.5, 0.6) is 0 Å². The summed E-state index contributed by atoms with van der Waals surface area (Å²) in [6, 6.07) is 7.65. The van der Waals surface area contributed by atoms with Gasteiger partial charge in [-0.2, -0.15) is 0 Å². The van der Waals surface area contributed by atoms with Crippen LogP contribution >= 0.6 is 24.4 Å². The highest BCUT2D eigenvalue weighted by Crippen LogP contribution is 2.42. The van der Waals surface area contributed by atoms with Gasteiger partial charge in [0, 0.05) is 36.6 Å². The van der Waals surface area contributed by atoms with Gasteiger partial charge in [-0.25, -0.2) is 9.11 Å². The van der Waals surface area contributed by atoms with E-state index < -0.39 is 5.92 Å². The van der Waals surface area contributed by atoms with E-state index in [-0.39, 0.29) is 12.4 Å². The Hall–Kier alpha value is -0.330. The topological polar surface area (TPSA) is 27.3 Å². The van der Waals surface area contributed by atoms with Gasteiger partial charge < -0.3 is 5.32 Å². The summed E-state index contributed by atoms with van der Waals surface area (Å²) in [5, 5.41) is 3.24. The fourth-order valence-corrected chi connectivity index (χ4v) is 3.16. The molecule has 2 aliphatic rings. The van der Waals surface area contributed by atoms with Crippen LogP contribution in [0.1, 0.15) is 5.56 Å². The highest BCUT2D eigenvalue weighted by atomic mass is 35.5. The maximum atomic E-state index is 15.0. The average Bonchev–Trinajstić information content (AvgIpc) is 2.71. The van der Waals surface area contributed by atoms with Crippen LogP contribution in [0.25, 0.3) is 0 Å². The molecule has 0 amide bonds. The highest BCUT2D eigenvalue weighted by molar-refractivity contribution is 7.97. The third-order valence-corrected chi connectivity index (χ3v) is 4.04. The third-order valence-electron chi connectivity index (χ3n) is 3.09. The molecule has 0 aliphatic carbocycles. The van der Waals surface area contributed by atoms with Crippen LogP contribution in [-0.4, -0.2) is 31.1 Å². The van der Waals surface area contributed by atoms with Crippen molar-refractivity contribution in [1.82, 2.24) is 14.9 Å². The lowest BCUT2D eigenvalue weighted by atomic mass is 10.1. The van der Waals surface area contributed by atoms with Crippen molar-refractivity contribution in [1.29, 1.82) is 0 Å². The quantitative estimate of drug-likeness (QED) is 0.603. The molecule has 1 fully saturated rings. The zero-order valence-corrected chi connectivity index (χ0v) is 10.9. The first-order chi connectivity index (χ1) is 7.81. The first kappa shape index (κ1) is 13.1. The summed E-state index contributed by atoms with van der Waals surface area (Å²) in [5.74, 6) is -1.50. The fraction of sp³-hybridized carbons (Fsp3) is 0.455. The SMILES string of the molecule is Cl.FC1(N2CCNCC2)NSc2ccccc21. The molecule has 3 nitrogen and oxygen atoms in total. The van der Waals surface area contributed by atoms with Crippen LogP contribution in [0.4, 0.5) is 4.39 Å². The smallest absolute Gasteiger partial charge is 0.254 e. The number of rotatable bonds is 1. The molecule has 2 aliphatic heterocycles. The van der Waals surface area contributed by atoms with Gasteiger partial charge >= 0.3 is 0 Å². The molecule has 1 aromatic carbocycles. The molecule has 6 heteroatoms. The van der Waals surface area contributed by atoms with Gasteiger partial charge in [0.05, 0.1) is 0 Å². The second-order valence-corrected chi connectivity index (χ2v) is 4.91. The molecule has 0 saturated carbocycles. The molecule has 0 radical (unpaired) electrons. The maximum Gasteiger partial charge on any atom is 0.254 e. The zero-order valence-electron chi connectivity index (χ0n) is 9.28. The molecule has 17 heavy (non-hydrogen) atoms. The molecule has 1 saturated heterocycles. The maximum absolute atomic E-state index is 15.0. The predicted molar refractivity (Wildman–Crippen MR) is 69.9 cm³/mol. The van der Waals surface area contributed by atoms with Crippen LogP contribution in [0.15, 0.2) is 29.2 Å². The van der Waals surface area contributed by atoms with Crippen molar-refractivity contribution in [2.24, 2.45) is 0 Å². The molecule has 0 aromatic heterocycles. The minimum Gasteiger partial charge on any atom is -0.314 e. The summed E-state index contributed by atoms with van der Waals surface area (Å²) in [7, 11) is 0. The van der Waals surface area contributed by atoms with Gasteiger partial charge in [0.15, 0.2) is 0 Å². The predicted octanol–water partition coefficient (Wildman–Crippen LogP) is 1.70. The number of alkyl halides is 1. The molecule has 2 N–H and O–H groups in total.